The average molecular weight is 446 g/mol. The number of nitrogen functional groups attached to an aromatic ring is 1. The number of anilines is 2. The molecule has 2 fully saturated rings. The van der Waals surface area contributed by atoms with Gasteiger partial charge >= 0.3 is 0 Å². The van der Waals surface area contributed by atoms with E-state index in [1.807, 2.05) is 0 Å². The SMILES string of the molecule is Nc1nc(-c2cc(Cl)c(Br)o2)c(N2CCN(C3CCCCC3)CC2)s1. The Labute approximate surface area is 165 Å². The molecule has 25 heavy (non-hydrogen) atoms. The Kier molecular flexibility index (Phi) is 5.27. The number of nitrogens with zero attached hydrogens (tertiary/aromatic N) is 3. The van der Waals surface area contributed by atoms with Crippen molar-refractivity contribution in [3.63, 3.8) is 0 Å². The summed E-state index contributed by atoms with van der Waals surface area (Å²) in [4.78, 5) is 9.54. The van der Waals surface area contributed by atoms with Gasteiger partial charge in [-0.05, 0) is 28.8 Å². The van der Waals surface area contributed by atoms with Crippen LogP contribution in [0.4, 0.5) is 10.1 Å². The summed E-state index contributed by atoms with van der Waals surface area (Å²) in [5.74, 6) is 0.662. The molecule has 0 spiro atoms. The van der Waals surface area contributed by atoms with Gasteiger partial charge in [0.25, 0.3) is 0 Å². The summed E-state index contributed by atoms with van der Waals surface area (Å²) in [6.07, 6.45) is 6.89. The molecule has 3 heterocycles. The van der Waals surface area contributed by atoms with Gasteiger partial charge in [0.05, 0.1) is 5.02 Å². The molecule has 8 heteroatoms. The second-order valence-electron chi connectivity index (χ2n) is 6.75. The number of piperazine rings is 1. The second-order valence-corrected chi connectivity index (χ2v) is 8.89. The minimum atomic E-state index is 0.531. The molecule has 5 nitrogen and oxygen atoms in total. The van der Waals surface area contributed by atoms with E-state index in [1.165, 1.54) is 43.4 Å². The van der Waals surface area contributed by atoms with Gasteiger partial charge in [0.15, 0.2) is 15.6 Å². The Morgan fingerprint density at radius 3 is 2.56 bits per heavy atom. The van der Waals surface area contributed by atoms with E-state index in [4.69, 9.17) is 21.8 Å². The number of nitrogens with two attached hydrogens (primary N) is 1. The van der Waals surface area contributed by atoms with Gasteiger partial charge in [0.1, 0.15) is 10.7 Å². The van der Waals surface area contributed by atoms with E-state index >= 15 is 0 Å². The molecule has 0 radical (unpaired) electrons. The van der Waals surface area contributed by atoms with Gasteiger partial charge in [0.2, 0.25) is 0 Å². The Balaban J connectivity index is 1.49. The highest BCUT2D eigenvalue weighted by atomic mass is 79.9. The number of aromatic nitrogens is 1. The van der Waals surface area contributed by atoms with E-state index in [0.29, 0.717) is 20.6 Å². The van der Waals surface area contributed by atoms with Crippen LogP contribution in [0.25, 0.3) is 11.5 Å². The van der Waals surface area contributed by atoms with Crippen molar-refractivity contribution in [2.45, 2.75) is 38.1 Å². The molecule has 0 aromatic carbocycles. The minimum Gasteiger partial charge on any atom is -0.446 e. The molecule has 2 aromatic heterocycles. The van der Waals surface area contributed by atoms with Crippen LogP contribution in [0.5, 0.6) is 0 Å². The third-order valence-electron chi connectivity index (χ3n) is 5.20. The molecule has 136 valence electrons. The highest BCUT2D eigenvalue weighted by Crippen LogP contribution is 2.41. The zero-order valence-electron chi connectivity index (χ0n) is 14.0. The van der Waals surface area contributed by atoms with E-state index in [-0.39, 0.29) is 0 Å². The fourth-order valence-corrected chi connectivity index (χ4v) is 5.22. The third-order valence-corrected chi connectivity index (χ3v) is 7.24. The van der Waals surface area contributed by atoms with Crippen LogP contribution >= 0.6 is 38.9 Å². The number of rotatable bonds is 3. The molecule has 2 aromatic rings. The van der Waals surface area contributed by atoms with Crippen molar-refractivity contribution in [1.29, 1.82) is 0 Å². The summed E-state index contributed by atoms with van der Waals surface area (Å²) in [6, 6.07) is 2.57. The lowest BCUT2D eigenvalue weighted by Crippen LogP contribution is -2.50. The highest BCUT2D eigenvalue weighted by Gasteiger charge is 2.28. The Hall–Kier alpha value is -0.760. The minimum absolute atomic E-state index is 0.531. The van der Waals surface area contributed by atoms with Crippen molar-refractivity contribution in [3.8, 4) is 11.5 Å². The maximum Gasteiger partial charge on any atom is 0.188 e. The van der Waals surface area contributed by atoms with Crippen LogP contribution in [0.3, 0.4) is 0 Å². The quantitative estimate of drug-likeness (QED) is 0.731. The largest absolute Gasteiger partial charge is 0.446 e. The number of halogens is 2. The fourth-order valence-electron chi connectivity index (χ4n) is 3.90. The maximum atomic E-state index is 6.11. The first-order chi connectivity index (χ1) is 12.1. The molecule has 0 bridgehead atoms. The van der Waals surface area contributed by atoms with Crippen LogP contribution < -0.4 is 10.6 Å². The van der Waals surface area contributed by atoms with Crippen LogP contribution in [0.1, 0.15) is 32.1 Å². The normalized spacial score (nSPS) is 20.3. The Morgan fingerprint density at radius 1 is 1.20 bits per heavy atom. The molecule has 1 saturated carbocycles. The van der Waals surface area contributed by atoms with Crippen LogP contribution in [-0.2, 0) is 0 Å². The summed E-state index contributed by atoms with van der Waals surface area (Å²) in [5, 5.41) is 2.19. The van der Waals surface area contributed by atoms with Crippen LogP contribution in [0, 0.1) is 0 Å². The van der Waals surface area contributed by atoms with Crippen LogP contribution in [0.15, 0.2) is 15.2 Å². The first kappa shape index (κ1) is 17.6. The van der Waals surface area contributed by atoms with Crippen LogP contribution in [0.2, 0.25) is 5.02 Å². The van der Waals surface area contributed by atoms with Gasteiger partial charge in [0, 0.05) is 38.3 Å². The Bertz CT molecular complexity index is 716. The molecular formula is C17H22BrClN4OS. The number of hydrogen-bond donors (Lipinski definition) is 1. The number of hydrogen-bond acceptors (Lipinski definition) is 6. The monoisotopic (exact) mass is 444 g/mol. The third kappa shape index (κ3) is 3.70. The van der Waals surface area contributed by atoms with E-state index in [2.05, 4.69) is 30.7 Å². The van der Waals surface area contributed by atoms with Crippen molar-refractivity contribution in [3.05, 3.63) is 15.8 Å². The molecule has 0 unspecified atom stereocenters. The second kappa shape index (κ2) is 7.47. The molecule has 4 rings (SSSR count). The summed E-state index contributed by atoms with van der Waals surface area (Å²) in [6.45, 7) is 4.20. The van der Waals surface area contributed by atoms with Crippen molar-refractivity contribution >= 4 is 49.0 Å². The summed E-state index contributed by atoms with van der Waals surface area (Å²) < 4.78 is 6.23. The predicted octanol–water partition coefficient (Wildman–Crippen LogP) is 4.86. The highest BCUT2D eigenvalue weighted by molar-refractivity contribution is 9.10. The number of thiazole rings is 1. The van der Waals surface area contributed by atoms with Gasteiger partial charge < -0.3 is 15.1 Å². The van der Waals surface area contributed by atoms with Gasteiger partial charge in [-0.2, -0.15) is 0 Å². The molecular weight excluding hydrogens is 424 g/mol. The fraction of sp³-hybridized carbons (Fsp3) is 0.588. The van der Waals surface area contributed by atoms with E-state index in [1.54, 1.807) is 6.07 Å². The average Bonchev–Trinajstić information content (AvgIpc) is 3.18. The standard InChI is InChI=1S/C17H22BrClN4OS/c18-15-12(19)10-13(24-15)14-16(25-17(20)21-14)23-8-6-22(7-9-23)11-4-2-1-3-5-11/h10-11H,1-9H2,(H2,20,21). The van der Waals surface area contributed by atoms with Gasteiger partial charge in [-0.25, -0.2) is 4.98 Å². The van der Waals surface area contributed by atoms with Crippen LogP contribution in [-0.4, -0.2) is 42.1 Å². The van der Waals surface area contributed by atoms with E-state index in [0.717, 1.165) is 42.9 Å². The van der Waals surface area contributed by atoms with Crippen molar-refractivity contribution < 1.29 is 4.42 Å². The topological polar surface area (TPSA) is 58.5 Å². The lowest BCUT2D eigenvalue weighted by molar-refractivity contribution is 0.148. The molecule has 2 aliphatic rings. The zero-order chi connectivity index (χ0) is 17.4. The van der Waals surface area contributed by atoms with E-state index < -0.39 is 0 Å². The summed E-state index contributed by atoms with van der Waals surface area (Å²) in [5.41, 5.74) is 6.79. The molecule has 1 saturated heterocycles. The molecule has 0 atom stereocenters. The molecule has 1 aliphatic heterocycles. The predicted molar refractivity (Wildman–Crippen MR) is 108 cm³/mol. The van der Waals surface area contributed by atoms with Crippen molar-refractivity contribution in [2.24, 2.45) is 0 Å². The van der Waals surface area contributed by atoms with Gasteiger partial charge in [-0.3, -0.25) is 4.90 Å². The van der Waals surface area contributed by atoms with Crippen molar-refractivity contribution in [1.82, 2.24) is 9.88 Å². The first-order valence-corrected chi connectivity index (χ1v) is 10.8. The zero-order valence-corrected chi connectivity index (χ0v) is 17.2. The summed E-state index contributed by atoms with van der Waals surface area (Å²) in [7, 11) is 0. The Morgan fingerprint density at radius 2 is 1.92 bits per heavy atom. The molecule has 0 amide bonds. The van der Waals surface area contributed by atoms with E-state index in [9.17, 15) is 0 Å². The number of furan rings is 1. The van der Waals surface area contributed by atoms with Crippen molar-refractivity contribution in [2.75, 3.05) is 36.8 Å². The lowest BCUT2D eigenvalue weighted by Gasteiger charge is -2.41. The molecule has 1 aliphatic carbocycles. The van der Waals surface area contributed by atoms with Gasteiger partial charge in [-0.1, -0.05) is 42.2 Å². The smallest absolute Gasteiger partial charge is 0.188 e. The molecule has 2 N–H and O–H groups in total. The summed E-state index contributed by atoms with van der Waals surface area (Å²) >= 11 is 11.0. The lowest BCUT2D eigenvalue weighted by atomic mass is 9.94. The first-order valence-electron chi connectivity index (χ1n) is 8.82. The van der Waals surface area contributed by atoms with Gasteiger partial charge in [-0.15, -0.1) is 0 Å². The maximum absolute atomic E-state index is 6.11.